The molecule has 0 aromatic carbocycles. The van der Waals surface area contributed by atoms with Gasteiger partial charge < -0.3 is 0 Å². The molecule has 40 valence electrons. The van der Waals surface area contributed by atoms with Crippen molar-refractivity contribution in [2.75, 3.05) is 0 Å². The van der Waals surface area contributed by atoms with Crippen molar-refractivity contribution < 1.29 is 0 Å². The summed E-state index contributed by atoms with van der Waals surface area (Å²) in [6.07, 6.45) is 2.83. The van der Waals surface area contributed by atoms with E-state index in [-0.39, 0.29) is 11.0 Å². The van der Waals surface area contributed by atoms with Crippen LogP contribution in [0.3, 0.4) is 0 Å². The van der Waals surface area contributed by atoms with Gasteiger partial charge in [-0.2, -0.15) is 0 Å². The van der Waals surface area contributed by atoms with Crippen molar-refractivity contribution in [1.29, 1.82) is 0 Å². The maximum absolute atomic E-state index is 2.23. The minimum absolute atomic E-state index is 0. The standard InChI is InChI=1S/C4H12Si.H4Si/c1-2-3-4-5;/h2-4H2,1,5H3;1H4. The van der Waals surface area contributed by atoms with E-state index in [1.807, 2.05) is 0 Å². The smallest absolute Gasteiger partial charge is 0.00279 e. The van der Waals surface area contributed by atoms with E-state index in [9.17, 15) is 0 Å². The maximum Gasteiger partial charge on any atom is 0.00279 e. The van der Waals surface area contributed by atoms with Crippen LogP contribution >= 0.6 is 0 Å². The molecule has 0 spiro atoms. The fraction of sp³-hybridized carbons (Fsp3) is 1.00. The Labute approximate surface area is 47.8 Å². The van der Waals surface area contributed by atoms with Gasteiger partial charge in [-0.3, -0.25) is 0 Å². The molecular formula is C4H16Si2. The minimum atomic E-state index is 0. The summed E-state index contributed by atoms with van der Waals surface area (Å²) in [7, 11) is 1.40. The van der Waals surface area contributed by atoms with Crippen molar-refractivity contribution in [3.8, 4) is 0 Å². The molecule has 0 aliphatic rings. The van der Waals surface area contributed by atoms with E-state index < -0.39 is 0 Å². The Balaban J connectivity index is 0. The summed E-state index contributed by atoms with van der Waals surface area (Å²) in [6.45, 7) is 2.23. The summed E-state index contributed by atoms with van der Waals surface area (Å²) in [6, 6.07) is 1.48. The van der Waals surface area contributed by atoms with Gasteiger partial charge in [0.1, 0.15) is 0 Å². The van der Waals surface area contributed by atoms with E-state index in [0.717, 1.165) is 0 Å². The fourth-order valence-corrected chi connectivity index (χ4v) is 1.06. The minimum Gasteiger partial charge on any atom is -0.0659 e. The van der Waals surface area contributed by atoms with Gasteiger partial charge in [-0.25, -0.2) is 0 Å². The Kier molecular flexibility index (Phi) is 14.6. The molecule has 0 aliphatic heterocycles. The Hall–Kier alpha value is 0.434. The van der Waals surface area contributed by atoms with Crippen LogP contribution in [0.4, 0.5) is 0 Å². The maximum atomic E-state index is 2.23. The Morgan fingerprint density at radius 3 is 2.00 bits per heavy atom. The molecule has 0 aromatic heterocycles. The molecule has 0 nitrogen and oxygen atoms in total. The van der Waals surface area contributed by atoms with E-state index in [1.54, 1.807) is 0 Å². The molecule has 0 saturated carbocycles. The highest BCUT2D eigenvalue weighted by molar-refractivity contribution is 6.08. The largest absolute Gasteiger partial charge is 0.0659 e. The summed E-state index contributed by atoms with van der Waals surface area (Å²) >= 11 is 0. The van der Waals surface area contributed by atoms with Crippen molar-refractivity contribution in [3.63, 3.8) is 0 Å². The normalized spacial score (nSPS) is 7.50. The summed E-state index contributed by atoms with van der Waals surface area (Å²) < 4.78 is 0. The SMILES string of the molecule is CCCC[SiH3].[SiH4]. The van der Waals surface area contributed by atoms with Crippen LogP contribution in [0.2, 0.25) is 6.04 Å². The predicted molar refractivity (Wildman–Crippen MR) is 41.0 cm³/mol. The van der Waals surface area contributed by atoms with E-state index in [4.69, 9.17) is 0 Å². The van der Waals surface area contributed by atoms with Gasteiger partial charge in [0.25, 0.3) is 0 Å². The molecule has 0 radical (unpaired) electrons. The number of hydrogen-bond acceptors (Lipinski definition) is 0. The van der Waals surface area contributed by atoms with Gasteiger partial charge in [0.2, 0.25) is 0 Å². The highest BCUT2D eigenvalue weighted by Gasteiger charge is 1.68. The molecule has 6 heavy (non-hydrogen) atoms. The van der Waals surface area contributed by atoms with Gasteiger partial charge in [0.05, 0.1) is 0 Å². The molecule has 0 saturated heterocycles. The van der Waals surface area contributed by atoms with E-state index in [0.29, 0.717) is 0 Å². The average Bonchev–Trinajstić information content (AvgIpc) is 1.41. The van der Waals surface area contributed by atoms with E-state index in [2.05, 4.69) is 6.92 Å². The zero-order valence-corrected chi connectivity index (χ0v) is 6.12. The van der Waals surface area contributed by atoms with Crippen LogP contribution < -0.4 is 0 Å². The first-order chi connectivity index (χ1) is 2.41. The quantitative estimate of drug-likeness (QED) is 0.415. The lowest BCUT2D eigenvalue weighted by molar-refractivity contribution is 0.884. The first kappa shape index (κ1) is 9.66. The summed E-state index contributed by atoms with van der Waals surface area (Å²) in [5, 5.41) is 0. The van der Waals surface area contributed by atoms with Crippen molar-refractivity contribution in [1.82, 2.24) is 0 Å². The summed E-state index contributed by atoms with van der Waals surface area (Å²) in [5.74, 6) is 0. The van der Waals surface area contributed by atoms with Crippen LogP contribution in [0.25, 0.3) is 0 Å². The third-order valence-corrected chi connectivity index (χ3v) is 1.41. The van der Waals surface area contributed by atoms with Gasteiger partial charge in [-0.15, -0.1) is 0 Å². The van der Waals surface area contributed by atoms with Crippen LogP contribution in [-0.4, -0.2) is 21.2 Å². The second-order valence-corrected chi connectivity index (χ2v) is 2.35. The second kappa shape index (κ2) is 9.06. The van der Waals surface area contributed by atoms with Crippen LogP contribution in [0.5, 0.6) is 0 Å². The van der Waals surface area contributed by atoms with Gasteiger partial charge in [-0.1, -0.05) is 25.8 Å². The highest BCUT2D eigenvalue weighted by Crippen LogP contribution is 1.86. The molecule has 0 aliphatic carbocycles. The Bertz CT molecular complexity index is 13.0. The van der Waals surface area contributed by atoms with E-state index in [1.165, 1.54) is 29.1 Å². The molecule has 2 heteroatoms. The number of unbranched alkanes of at least 4 members (excludes halogenated alkanes) is 1. The molecule has 0 bridgehead atoms. The predicted octanol–water partition coefficient (Wildman–Crippen LogP) is -0.881. The van der Waals surface area contributed by atoms with Crippen LogP contribution in [0, 0.1) is 0 Å². The summed E-state index contributed by atoms with van der Waals surface area (Å²) in [5.41, 5.74) is 0. The Morgan fingerprint density at radius 1 is 1.50 bits per heavy atom. The number of rotatable bonds is 2. The van der Waals surface area contributed by atoms with Gasteiger partial charge in [-0.05, 0) is 11.0 Å². The zero-order chi connectivity index (χ0) is 4.12. The van der Waals surface area contributed by atoms with Gasteiger partial charge >= 0.3 is 0 Å². The molecular weight excluding hydrogens is 104 g/mol. The zero-order valence-electron chi connectivity index (χ0n) is 4.12. The monoisotopic (exact) mass is 120 g/mol. The van der Waals surface area contributed by atoms with Crippen LogP contribution in [-0.2, 0) is 0 Å². The lowest BCUT2D eigenvalue weighted by Crippen LogP contribution is -1.63. The highest BCUT2D eigenvalue weighted by atomic mass is 28.1. The topological polar surface area (TPSA) is 0 Å². The lowest BCUT2D eigenvalue weighted by Gasteiger charge is -1.79. The van der Waals surface area contributed by atoms with Crippen LogP contribution in [0.15, 0.2) is 0 Å². The van der Waals surface area contributed by atoms with Gasteiger partial charge in [0.15, 0.2) is 0 Å². The molecule has 0 unspecified atom stereocenters. The number of hydrogen-bond donors (Lipinski definition) is 0. The molecule has 0 heterocycles. The molecule has 0 N–H and O–H groups in total. The molecule has 0 aromatic rings. The third-order valence-electron chi connectivity index (χ3n) is 0.707. The fourth-order valence-electron chi connectivity index (χ4n) is 0.354. The lowest BCUT2D eigenvalue weighted by atomic mass is 10.4. The van der Waals surface area contributed by atoms with Gasteiger partial charge in [0, 0.05) is 10.2 Å². The van der Waals surface area contributed by atoms with Crippen molar-refractivity contribution >= 4 is 21.2 Å². The first-order valence-electron chi connectivity index (χ1n) is 2.41. The van der Waals surface area contributed by atoms with E-state index >= 15 is 0 Å². The Morgan fingerprint density at radius 2 is 2.00 bits per heavy atom. The van der Waals surface area contributed by atoms with Crippen LogP contribution in [0.1, 0.15) is 19.8 Å². The van der Waals surface area contributed by atoms with Crippen molar-refractivity contribution in [2.45, 2.75) is 25.8 Å². The summed E-state index contributed by atoms with van der Waals surface area (Å²) in [4.78, 5) is 0. The molecule has 0 rings (SSSR count). The molecule has 0 amide bonds. The first-order valence-corrected chi connectivity index (χ1v) is 3.83. The third kappa shape index (κ3) is 8.83. The second-order valence-electron chi connectivity index (χ2n) is 1.35. The van der Waals surface area contributed by atoms with Crippen molar-refractivity contribution in [2.24, 2.45) is 0 Å². The average molecular weight is 120 g/mol. The van der Waals surface area contributed by atoms with Crippen molar-refractivity contribution in [3.05, 3.63) is 0 Å². The molecule has 0 fully saturated rings. The molecule has 0 atom stereocenters.